The van der Waals surface area contributed by atoms with Crippen LogP contribution in [0.2, 0.25) is 0 Å². The third-order valence-electron chi connectivity index (χ3n) is 6.32. The number of nitrogens with zero attached hydrogens (tertiary/aromatic N) is 3. The molecule has 2 aromatic rings. The summed E-state index contributed by atoms with van der Waals surface area (Å²) in [4.78, 5) is 28.3. The molecule has 1 saturated carbocycles. The topological polar surface area (TPSA) is 90.8 Å². The van der Waals surface area contributed by atoms with E-state index in [-0.39, 0.29) is 11.6 Å². The fourth-order valence-corrected chi connectivity index (χ4v) is 4.21. The predicted molar refractivity (Wildman–Crippen MR) is 131 cm³/mol. The van der Waals surface area contributed by atoms with Gasteiger partial charge < -0.3 is 15.5 Å². The number of amides is 1. The number of nitrogens with one attached hydrogen (secondary N) is 2. The van der Waals surface area contributed by atoms with Gasteiger partial charge in [-0.3, -0.25) is 19.8 Å². The first-order chi connectivity index (χ1) is 16.0. The van der Waals surface area contributed by atoms with Crippen LogP contribution in [0.4, 0.5) is 17.1 Å². The van der Waals surface area contributed by atoms with Gasteiger partial charge in [-0.2, -0.15) is 0 Å². The molecule has 33 heavy (non-hydrogen) atoms. The van der Waals surface area contributed by atoms with Crippen molar-refractivity contribution in [1.29, 1.82) is 0 Å². The molecule has 2 fully saturated rings. The fourth-order valence-electron chi connectivity index (χ4n) is 4.21. The molecule has 4 rings (SSSR count). The van der Waals surface area contributed by atoms with Crippen molar-refractivity contribution in [2.24, 2.45) is 0 Å². The molecule has 1 aliphatic heterocycles. The van der Waals surface area contributed by atoms with Crippen LogP contribution in [-0.4, -0.2) is 61.0 Å². The number of hydrogen-bond acceptors (Lipinski definition) is 6. The summed E-state index contributed by atoms with van der Waals surface area (Å²) in [6.07, 6.45) is 3.95. The van der Waals surface area contributed by atoms with Gasteiger partial charge in [0, 0.05) is 56.1 Å². The summed E-state index contributed by atoms with van der Waals surface area (Å²) >= 11 is 0. The predicted octanol–water partition coefficient (Wildman–Crippen LogP) is 3.81. The molecule has 176 valence electrons. The van der Waals surface area contributed by atoms with Crippen LogP contribution in [0.1, 0.15) is 41.6 Å². The van der Waals surface area contributed by atoms with Crippen LogP contribution in [0.3, 0.4) is 0 Å². The molecule has 2 aliphatic rings. The molecule has 1 saturated heterocycles. The number of anilines is 2. The van der Waals surface area contributed by atoms with Crippen molar-refractivity contribution in [2.75, 3.05) is 49.5 Å². The Hall–Kier alpha value is -3.13. The maximum absolute atomic E-state index is 12.5. The number of carbonyl (C=O) groups is 1. The largest absolute Gasteiger partial charge is 0.377 e. The summed E-state index contributed by atoms with van der Waals surface area (Å²) in [5, 5.41) is 17.4. The fraction of sp³-hybridized carbons (Fsp3) is 0.480. The Labute approximate surface area is 195 Å². The Morgan fingerprint density at radius 3 is 2.58 bits per heavy atom. The zero-order chi connectivity index (χ0) is 23.2. The normalized spacial score (nSPS) is 16.5. The van der Waals surface area contributed by atoms with E-state index in [1.165, 1.54) is 17.3 Å². The van der Waals surface area contributed by atoms with E-state index in [1.54, 1.807) is 12.1 Å². The summed E-state index contributed by atoms with van der Waals surface area (Å²) in [5.74, 6) is -0.261. The lowest BCUT2D eigenvalue weighted by atomic mass is 10.1. The van der Waals surface area contributed by atoms with E-state index in [2.05, 4.69) is 51.6 Å². The molecule has 0 spiro atoms. The number of carbonyl (C=O) groups excluding carboxylic acids is 1. The average molecular weight is 452 g/mol. The van der Waals surface area contributed by atoms with Gasteiger partial charge in [0.05, 0.1) is 4.92 Å². The molecule has 8 nitrogen and oxygen atoms in total. The van der Waals surface area contributed by atoms with Gasteiger partial charge in [0.25, 0.3) is 11.6 Å². The van der Waals surface area contributed by atoms with Crippen LogP contribution in [0.25, 0.3) is 0 Å². The van der Waals surface area contributed by atoms with Crippen molar-refractivity contribution in [2.45, 2.75) is 38.6 Å². The quantitative estimate of drug-likeness (QED) is 0.324. The van der Waals surface area contributed by atoms with E-state index in [4.69, 9.17) is 0 Å². The van der Waals surface area contributed by atoms with Crippen molar-refractivity contribution >= 4 is 23.0 Å². The average Bonchev–Trinajstić information content (AvgIpc) is 3.63. The first-order valence-corrected chi connectivity index (χ1v) is 11.9. The zero-order valence-electron chi connectivity index (χ0n) is 19.3. The van der Waals surface area contributed by atoms with E-state index in [9.17, 15) is 14.9 Å². The molecule has 0 radical (unpaired) electrons. The number of nitro benzene ring substituents is 1. The lowest BCUT2D eigenvalue weighted by Gasteiger charge is -2.36. The van der Waals surface area contributed by atoms with Gasteiger partial charge in [0.1, 0.15) is 5.69 Å². The molecule has 1 aliphatic carbocycles. The maximum atomic E-state index is 12.5. The molecule has 2 N–H and O–H groups in total. The number of rotatable bonds is 10. The van der Waals surface area contributed by atoms with E-state index in [0.29, 0.717) is 23.8 Å². The molecular formula is C25H33N5O3. The van der Waals surface area contributed by atoms with Crippen LogP contribution in [0, 0.1) is 17.0 Å². The molecule has 0 bridgehead atoms. The highest BCUT2D eigenvalue weighted by Crippen LogP contribution is 2.31. The van der Waals surface area contributed by atoms with E-state index < -0.39 is 4.92 Å². The summed E-state index contributed by atoms with van der Waals surface area (Å²) in [6.45, 7) is 7.87. The highest BCUT2D eigenvalue weighted by Gasteiger charge is 2.25. The summed E-state index contributed by atoms with van der Waals surface area (Å²) < 4.78 is 0. The van der Waals surface area contributed by atoms with Gasteiger partial charge in [-0.1, -0.05) is 12.1 Å². The Bertz CT molecular complexity index is 984. The molecule has 1 amide bonds. The first kappa shape index (κ1) is 23.0. The zero-order valence-corrected chi connectivity index (χ0v) is 19.3. The van der Waals surface area contributed by atoms with Crippen molar-refractivity contribution in [1.82, 2.24) is 10.2 Å². The second-order valence-electron chi connectivity index (χ2n) is 9.04. The second kappa shape index (κ2) is 10.7. The molecule has 8 heteroatoms. The minimum absolute atomic E-state index is 0.0423. The Morgan fingerprint density at radius 2 is 1.88 bits per heavy atom. The van der Waals surface area contributed by atoms with Crippen molar-refractivity contribution in [3.8, 4) is 0 Å². The molecule has 0 unspecified atom stereocenters. The third-order valence-corrected chi connectivity index (χ3v) is 6.32. The van der Waals surface area contributed by atoms with Crippen LogP contribution in [-0.2, 0) is 0 Å². The maximum Gasteiger partial charge on any atom is 0.293 e. The summed E-state index contributed by atoms with van der Waals surface area (Å²) in [6, 6.07) is 13.6. The van der Waals surface area contributed by atoms with Gasteiger partial charge in [0.2, 0.25) is 0 Å². The van der Waals surface area contributed by atoms with Crippen molar-refractivity contribution in [3.63, 3.8) is 0 Å². The van der Waals surface area contributed by atoms with Crippen LogP contribution < -0.4 is 15.5 Å². The highest BCUT2D eigenvalue weighted by molar-refractivity contribution is 5.95. The number of nitro groups is 1. The lowest BCUT2D eigenvalue weighted by Crippen LogP contribution is -2.46. The van der Waals surface area contributed by atoms with Crippen LogP contribution in [0.15, 0.2) is 42.5 Å². The Kier molecular flexibility index (Phi) is 7.44. The Balaban J connectivity index is 1.16. The van der Waals surface area contributed by atoms with Crippen LogP contribution >= 0.6 is 0 Å². The van der Waals surface area contributed by atoms with Gasteiger partial charge in [-0.05, 0) is 69.0 Å². The molecule has 2 aromatic carbocycles. The van der Waals surface area contributed by atoms with Gasteiger partial charge >= 0.3 is 0 Å². The monoisotopic (exact) mass is 451 g/mol. The SMILES string of the molecule is Cc1cccc(N2CCN(CCCCNC(=O)c3ccc(NC4CC4)c([N+](=O)[O-])c3)CC2)c1. The van der Waals surface area contributed by atoms with Crippen molar-refractivity contribution in [3.05, 3.63) is 63.7 Å². The number of benzene rings is 2. The second-order valence-corrected chi connectivity index (χ2v) is 9.04. The van der Waals surface area contributed by atoms with Gasteiger partial charge in [0.15, 0.2) is 0 Å². The standard InChI is InChI=1S/C25H33N5O3/c1-19-5-4-6-22(17-19)29-15-13-28(14-16-29)12-3-2-11-26-25(31)20-7-10-23(27-21-8-9-21)24(18-20)30(32)33/h4-7,10,17-18,21,27H,2-3,8-9,11-16H2,1H3,(H,26,31). The van der Waals surface area contributed by atoms with E-state index in [0.717, 1.165) is 58.4 Å². The van der Waals surface area contributed by atoms with E-state index in [1.807, 2.05) is 0 Å². The number of aryl methyl sites for hydroxylation is 1. The lowest BCUT2D eigenvalue weighted by molar-refractivity contribution is -0.384. The van der Waals surface area contributed by atoms with Crippen LogP contribution in [0.5, 0.6) is 0 Å². The van der Waals surface area contributed by atoms with Crippen molar-refractivity contribution < 1.29 is 9.72 Å². The summed E-state index contributed by atoms with van der Waals surface area (Å²) in [5.41, 5.74) is 3.36. The molecule has 1 heterocycles. The van der Waals surface area contributed by atoms with Gasteiger partial charge in [-0.15, -0.1) is 0 Å². The van der Waals surface area contributed by atoms with E-state index >= 15 is 0 Å². The summed E-state index contributed by atoms with van der Waals surface area (Å²) in [7, 11) is 0. The first-order valence-electron chi connectivity index (χ1n) is 11.9. The molecule has 0 aromatic heterocycles. The number of unbranched alkanes of at least 4 members (excludes halogenated alkanes) is 1. The number of hydrogen-bond donors (Lipinski definition) is 2. The minimum atomic E-state index is -0.430. The van der Waals surface area contributed by atoms with Gasteiger partial charge in [-0.25, -0.2) is 0 Å². The molecular weight excluding hydrogens is 418 g/mol. The highest BCUT2D eigenvalue weighted by atomic mass is 16.6. The Morgan fingerprint density at radius 1 is 1.09 bits per heavy atom. The number of piperazine rings is 1. The minimum Gasteiger partial charge on any atom is -0.377 e. The third kappa shape index (κ3) is 6.44. The smallest absolute Gasteiger partial charge is 0.293 e. The molecule has 0 atom stereocenters.